The number of nitrogens with zero attached hydrogens (tertiary/aromatic N) is 2. The summed E-state index contributed by atoms with van der Waals surface area (Å²) in [4.78, 5) is 6.32. The molecule has 94 valence electrons. The Morgan fingerprint density at radius 2 is 2.06 bits per heavy atom. The fraction of sp³-hybridized carbons (Fsp3) is 0.545. The number of rotatable bonds is 2. The summed E-state index contributed by atoms with van der Waals surface area (Å²) in [5.41, 5.74) is 6.85. The highest BCUT2D eigenvalue weighted by Gasteiger charge is 2.24. The van der Waals surface area contributed by atoms with Crippen LogP contribution in [0.5, 0.6) is 0 Å². The van der Waals surface area contributed by atoms with E-state index in [0.29, 0.717) is 13.1 Å². The molecule has 0 amide bonds. The summed E-state index contributed by atoms with van der Waals surface area (Å²) in [6.45, 7) is 2.90. The van der Waals surface area contributed by atoms with Gasteiger partial charge in [0.15, 0.2) is 9.84 Å². The minimum absolute atomic E-state index is 0.0998. The third-order valence-corrected chi connectivity index (χ3v) is 4.56. The van der Waals surface area contributed by atoms with Crippen LogP contribution in [0.3, 0.4) is 0 Å². The van der Waals surface area contributed by atoms with Gasteiger partial charge in [-0.15, -0.1) is 0 Å². The van der Waals surface area contributed by atoms with Gasteiger partial charge in [-0.2, -0.15) is 0 Å². The van der Waals surface area contributed by atoms with Crippen molar-refractivity contribution in [2.24, 2.45) is 5.73 Å². The zero-order valence-electron chi connectivity index (χ0n) is 9.83. The van der Waals surface area contributed by atoms with Crippen molar-refractivity contribution >= 4 is 15.7 Å². The molecule has 1 fully saturated rings. The van der Waals surface area contributed by atoms with Crippen molar-refractivity contribution in [3.63, 3.8) is 0 Å². The number of pyridine rings is 1. The highest BCUT2D eigenvalue weighted by Crippen LogP contribution is 2.23. The van der Waals surface area contributed by atoms with Crippen LogP contribution in [0.1, 0.15) is 18.5 Å². The third-order valence-electron chi connectivity index (χ3n) is 2.95. The van der Waals surface area contributed by atoms with E-state index in [1.807, 2.05) is 24.0 Å². The molecular formula is C11H17N3O2S. The predicted molar refractivity (Wildman–Crippen MR) is 67.7 cm³/mol. The number of hydrogen-bond donors (Lipinski definition) is 1. The molecule has 1 unspecified atom stereocenters. The number of sulfone groups is 1. The Kier molecular flexibility index (Phi) is 3.35. The number of nitrogens with two attached hydrogens (primary N) is 1. The van der Waals surface area contributed by atoms with Crippen LogP contribution in [0.4, 0.5) is 5.82 Å². The van der Waals surface area contributed by atoms with Crippen LogP contribution in [0, 0.1) is 0 Å². The van der Waals surface area contributed by atoms with Gasteiger partial charge in [-0.3, -0.25) is 0 Å². The van der Waals surface area contributed by atoms with Crippen molar-refractivity contribution in [3.05, 3.63) is 23.9 Å². The zero-order valence-corrected chi connectivity index (χ0v) is 10.7. The normalized spacial score (nSPS) is 21.2. The highest BCUT2D eigenvalue weighted by atomic mass is 32.2. The van der Waals surface area contributed by atoms with E-state index < -0.39 is 9.84 Å². The first-order valence-corrected chi connectivity index (χ1v) is 7.47. The van der Waals surface area contributed by atoms with Crippen LogP contribution >= 0.6 is 0 Å². The van der Waals surface area contributed by atoms with Crippen LogP contribution in [0.25, 0.3) is 0 Å². The molecule has 5 nitrogen and oxygen atoms in total. The van der Waals surface area contributed by atoms with Crippen LogP contribution in [0.15, 0.2) is 18.3 Å². The molecule has 1 aromatic heterocycles. The van der Waals surface area contributed by atoms with Crippen LogP contribution in [-0.2, 0) is 9.84 Å². The van der Waals surface area contributed by atoms with Gasteiger partial charge in [0.2, 0.25) is 0 Å². The van der Waals surface area contributed by atoms with E-state index >= 15 is 0 Å². The van der Waals surface area contributed by atoms with Gasteiger partial charge in [-0.25, -0.2) is 13.4 Å². The quantitative estimate of drug-likeness (QED) is 0.824. The predicted octanol–water partition coefficient (Wildman–Crippen LogP) is 0.336. The van der Waals surface area contributed by atoms with Crippen molar-refractivity contribution in [1.82, 2.24) is 4.98 Å². The smallest absolute Gasteiger partial charge is 0.153 e. The third kappa shape index (κ3) is 2.76. The van der Waals surface area contributed by atoms with Crippen molar-refractivity contribution in [1.29, 1.82) is 0 Å². The van der Waals surface area contributed by atoms with Crippen LogP contribution in [0.2, 0.25) is 0 Å². The Labute approximate surface area is 102 Å². The van der Waals surface area contributed by atoms with Gasteiger partial charge < -0.3 is 10.6 Å². The molecule has 2 N–H and O–H groups in total. The van der Waals surface area contributed by atoms with E-state index in [2.05, 4.69) is 4.98 Å². The van der Waals surface area contributed by atoms with Crippen LogP contribution in [-0.4, -0.2) is 38.0 Å². The Balaban J connectivity index is 2.24. The maximum atomic E-state index is 11.4. The highest BCUT2D eigenvalue weighted by molar-refractivity contribution is 7.91. The summed E-state index contributed by atoms with van der Waals surface area (Å²) >= 11 is 0. The zero-order chi connectivity index (χ0) is 12.5. The minimum atomic E-state index is -2.86. The molecule has 2 rings (SSSR count). The number of aromatic nitrogens is 1. The molecule has 1 saturated heterocycles. The fourth-order valence-electron chi connectivity index (χ4n) is 1.95. The lowest BCUT2D eigenvalue weighted by Gasteiger charge is -2.29. The Morgan fingerprint density at radius 1 is 1.41 bits per heavy atom. The van der Waals surface area contributed by atoms with Crippen molar-refractivity contribution in [2.45, 2.75) is 13.0 Å². The number of hydrogen-bond acceptors (Lipinski definition) is 5. The van der Waals surface area contributed by atoms with Crippen molar-refractivity contribution in [3.8, 4) is 0 Å². The fourth-order valence-corrected chi connectivity index (χ4v) is 3.15. The molecule has 17 heavy (non-hydrogen) atoms. The molecule has 0 aromatic carbocycles. The van der Waals surface area contributed by atoms with E-state index in [4.69, 9.17) is 5.73 Å². The van der Waals surface area contributed by atoms with Crippen molar-refractivity contribution < 1.29 is 8.42 Å². The second-order valence-corrected chi connectivity index (χ2v) is 6.65. The first-order valence-electron chi connectivity index (χ1n) is 5.65. The second kappa shape index (κ2) is 4.62. The van der Waals surface area contributed by atoms with Gasteiger partial charge >= 0.3 is 0 Å². The van der Waals surface area contributed by atoms with E-state index in [1.54, 1.807) is 6.20 Å². The summed E-state index contributed by atoms with van der Waals surface area (Å²) in [7, 11) is -2.86. The summed E-state index contributed by atoms with van der Waals surface area (Å²) in [6.07, 6.45) is 1.71. The van der Waals surface area contributed by atoms with Gasteiger partial charge in [0.05, 0.1) is 11.5 Å². The molecule has 2 heterocycles. The van der Waals surface area contributed by atoms with E-state index in [1.165, 1.54) is 0 Å². The Morgan fingerprint density at radius 3 is 2.65 bits per heavy atom. The summed E-state index contributed by atoms with van der Waals surface area (Å²) in [6, 6.07) is 3.69. The largest absolute Gasteiger partial charge is 0.354 e. The minimum Gasteiger partial charge on any atom is -0.354 e. The maximum absolute atomic E-state index is 11.4. The monoisotopic (exact) mass is 255 g/mol. The lowest BCUT2D eigenvalue weighted by molar-refractivity contribution is 0.586. The molecule has 6 heteroatoms. The Bertz CT molecular complexity index is 485. The molecule has 0 bridgehead atoms. The topological polar surface area (TPSA) is 76.3 Å². The second-order valence-electron chi connectivity index (χ2n) is 4.34. The molecule has 1 aromatic rings. The van der Waals surface area contributed by atoms with E-state index in [-0.39, 0.29) is 17.5 Å². The molecular weight excluding hydrogens is 238 g/mol. The lowest BCUT2D eigenvalue weighted by atomic mass is 10.1. The molecule has 1 aliphatic rings. The average Bonchev–Trinajstić information content (AvgIpc) is 2.29. The molecule has 0 aliphatic carbocycles. The SMILES string of the molecule is CC(N)c1cccnc1N1CCS(=O)(=O)CC1. The van der Waals surface area contributed by atoms with E-state index in [0.717, 1.165) is 11.4 Å². The Hall–Kier alpha value is -1.14. The first kappa shape index (κ1) is 12.3. The molecule has 0 spiro atoms. The molecule has 1 atom stereocenters. The summed E-state index contributed by atoms with van der Waals surface area (Å²) in [5, 5.41) is 0. The molecule has 1 aliphatic heterocycles. The first-order chi connectivity index (χ1) is 7.99. The van der Waals surface area contributed by atoms with E-state index in [9.17, 15) is 8.42 Å². The van der Waals surface area contributed by atoms with Gasteiger partial charge in [0.25, 0.3) is 0 Å². The molecule has 0 radical (unpaired) electrons. The summed E-state index contributed by atoms with van der Waals surface area (Å²) in [5.74, 6) is 1.21. The maximum Gasteiger partial charge on any atom is 0.153 e. The van der Waals surface area contributed by atoms with Gasteiger partial charge in [-0.1, -0.05) is 6.07 Å². The number of anilines is 1. The van der Waals surface area contributed by atoms with Gasteiger partial charge in [0.1, 0.15) is 5.82 Å². The van der Waals surface area contributed by atoms with Gasteiger partial charge in [0, 0.05) is 30.9 Å². The summed E-state index contributed by atoms with van der Waals surface area (Å²) < 4.78 is 22.7. The average molecular weight is 255 g/mol. The van der Waals surface area contributed by atoms with Gasteiger partial charge in [-0.05, 0) is 13.0 Å². The lowest BCUT2D eigenvalue weighted by Crippen LogP contribution is -2.41. The van der Waals surface area contributed by atoms with Crippen molar-refractivity contribution in [2.75, 3.05) is 29.5 Å². The molecule has 0 saturated carbocycles. The van der Waals surface area contributed by atoms with Crippen LogP contribution < -0.4 is 10.6 Å². The standard InChI is InChI=1S/C11H17N3O2S/c1-9(12)10-3-2-4-13-11(10)14-5-7-17(15,16)8-6-14/h2-4,9H,5-8,12H2,1H3.